The van der Waals surface area contributed by atoms with Crippen LogP contribution in [0.4, 0.5) is 0 Å². The third-order valence-electron chi connectivity index (χ3n) is 3.80. The summed E-state index contributed by atoms with van der Waals surface area (Å²) in [6.45, 7) is 1.17. The third-order valence-corrected chi connectivity index (χ3v) is 3.80. The van der Waals surface area contributed by atoms with Crippen molar-refractivity contribution in [3.8, 4) is 23.0 Å². The van der Waals surface area contributed by atoms with Crippen LogP contribution in [0.5, 0.6) is 23.0 Å². The van der Waals surface area contributed by atoms with E-state index in [2.05, 4.69) is 10.5 Å². The van der Waals surface area contributed by atoms with E-state index < -0.39 is 0 Å². The number of carbonyl (C=O) groups excluding carboxylic acids is 1. The lowest BCUT2D eigenvalue weighted by Crippen LogP contribution is -2.17. The van der Waals surface area contributed by atoms with Gasteiger partial charge in [0.25, 0.3) is 5.91 Å². The van der Waals surface area contributed by atoms with Gasteiger partial charge in [-0.05, 0) is 42.0 Å². The molecule has 1 heterocycles. The van der Waals surface area contributed by atoms with Crippen molar-refractivity contribution in [3.63, 3.8) is 0 Å². The summed E-state index contributed by atoms with van der Waals surface area (Å²) in [4.78, 5) is 12.3. The molecule has 0 atom stereocenters. The molecule has 1 amide bonds. The van der Waals surface area contributed by atoms with Crippen LogP contribution in [0.25, 0.3) is 0 Å². The Bertz CT molecular complexity index is 820. The van der Waals surface area contributed by atoms with Crippen LogP contribution < -0.4 is 24.4 Å². The van der Waals surface area contributed by atoms with Gasteiger partial charge in [0.2, 0.25) is 0 Å². The van der Waals surface area contributed by atoms with Crippen LogP contribution in [0.1, 0.15) is 22.3 Å². The van der Waals surface area contributed by atoms with Gasteiger partial charge in [-0.15, -0.1) is 0 Å². The molecule has 0 aromatic heterocycles. The molecule has 0 bridgehead atoms. The summed E-state index contributed by atoms with van der Waals surface area (Å²) < 4.78 is 21.6. The lowest BCUT2D eigenvalue weighted by molar-refractivity contribution is 0.0954. The minimum atomic E-state index is -0.336. The number of benzene rings is 2. The first-order valence-electron chi connectivity index (χ1n) is 8.16. The molecule has 2 aromatic rings. The second-order valence-corrected chi connectivity index (χ2v) is 5.53. The topological polar surface area (TPSA) is 78.4 Å². The molecule has 1 N–H and O–H groups in total. The summed E-state index contributed by atoms with van der Waals surface area (Å²) in [6.07, 6.45) is 2.34. The zero-order valence-electron chi connectivity index (χ0n) is 14.7. The van der Waals surface area contributed by atoms with E-state index >= 15 is 0 Å². The molecule has 1 aliphatic rings. The number of fused-ring (bicyclic) bond motifs is 1. The molecule has 0 fully saturated rings. The molecule has 7 nitrogen and oxygen atoms in total. The molecule has 3 rings (SSSR count). The number of carbonyl (C=O) groups is 1. The number of amides is 1. The minimum Gasteiger partial charge on any atom is -0.493 e. The van der Waals surface area contributed by atoms with Gasteiger partial charge in [0, 0.05) is 12.0 Å². The van der Waals surface area contributed by atoms with Crippen molar-refractivity contribution in [2.45, 2.75) is 6.42 Å². The quantitative estimate of drug-likeness (QED) is 0.658. The average molecular weight is 356 g/mol. The minimum absolute atomic E-state index is 0.336. The van der Waals surface area contributed by atoms with E-state index in [0.717, 1.165) is 12.0 Å². The van der Waals surface area contributed by atoms with E-state index in [-0.39, 0.29) is 5.91 Å². The van der Waals surface area contributed by atoms with Crippen molar-refractivity contribution in [1.29, 1.82) is 0 Å². The number of nitrogens with zero attached hydrogens (tertiary/aromatic N) is 1. The van der Waals surface area contributed by atoms with Crippen molar-refractivity contribution in [1.82, 2.24) is 5.43 Å². The number of hydrogen-bond acceptors (Lipinski definition) is 6. The van der Waals surface area contributed by atoms with Crippen molar-refractivity contribution < 1.29 is 23.7 Å². The van der Waals surface area contributed by atoms with Crippen molar-refractivity contribution >= 4 is 12.1 Å². The molecular weight excluding hydrogens is 336 g/mol. The number of methoxy groups -OCH3 is 2. The molecule has 0 radical (unpaired) electrons. The largest absolute Gasteiger partial charge is 0.493 e. The number of ether oxygens (including phenoxy) is 4. The molecular formula is C19H20N2O5. The Balaban J connectivity index is 1.67. The Morgan fingerprint density at radius 3 is 2.58 bits per heavy atom. The Labute approximate surface area is 151 Å². The van der Waals surface area contributed by atoms with Gasteiger partial charge >= 0.3 is 0 Å². The van der Waals surface area contributed by atoms with Gasteiger partial charge in [-0.2, -0.15) is 5.10 Å². The fourth-order valence-electron chi connectivity index (χ4n) is 2.47. The highest BCUT2D eigenvalue weighted by atomic mass is 16.5. The maximum absolute atomic E-state index is 12.3. The number of hydrogen-bond donors (Lipinski definition) is 1. The predicted molar refractivity (Wildman–Crippen MR) is 96.7 cm³/mol. The van der Waals surface area contributed by atoms with Crippen LogP contribution in [0.15, 0.2) is 41.5 Å². The van der Waals surface area contributed by atoms with Crippen LogP contribution in [-0.2, 0) is 0 Å². The van der Waals surface area contributed by atoms with Gasteiger partial charge in [-0.3, -0.25) is 4.79 Å². The summed E-state index contributed by atoms with van der Waals surface area (Å²) in [6, 6.07) is 10.4. The lowest BCUT2D eigenvalue weighted by atomic mass is 10.2. The number of hydrazone groups is 1. The lowest BCUT2D eigenvalue weighted by Gasteiger charge is -2.08. The maximum atomic E-state index is 12.3. The maximum Gasteiger partial charge on any atom is 0.271 e. The van der Waals surface area contributed by atoms with Crippen LogP contribution in [-0.4, -0.2) is 39.6 Å². The molecule has 2 aromatic carbocycles. The Morgan fingerprint density at radius 1 is 1.04 bits per heavy atom. The molecule has 136 valence electrons. The third kappa shape index (κ3) is 4.05. The summed E-state index contributed by atoms with van der Waals surface area (Å²) in [5.41, 5.74) is 3.71. The molecule has 26 heavy (non-hydrogen) atoms. The fourth-order valence-corrected chi connectivity index (χ4v) is 2.47. The summed E-state index contributed by atoms with van der Waals surface area (Å²) in [5.74, 6) is 2.09. The van der Waals surface area contributed by atoms with Gasteiger partial charge in [0.1, 0.15) is 0 Å². The monoisotopic (exact) mass is 356 g/mol. The summed E-state index contributed by atoms with van der Waals surface area (Å²) in [5, 5.41) is 3.99. The van der Waals surface area contributed by atoms with Gasteiger partial charge in [-0.25, -0.2) is 5.43 Å². The molecule has 0 saturated heterocycles. The smallest absolute Gasteiger partial charge is 0.271 e. The van der Waals surface area contributed by atoms with Gasteiger partial charge in [0.05, 0.1) is 33.6 Å². The zero-order chi connectivity index (χ0) is 18.4. The van der Waals surface area contributed by atoms with Crippen molar-refractivity contribution in [3.05, 3.63) is 47.5 Å². The molecule has 1 aliphatic heterocycles. The summed E-state index contributed by atoms with van der Waals surface area (Å²) >= 11 is 0. The normalized spacial score (nSPS) is 13.2. The number of rotatable bonds is 5. The first kappa shape index (κ1) is 17.6. The van der Waals surface area contributed by atoms with E-state index in [4.69, 9.17) is 18.9 Å². The Morgan fingerprint density at radius 2 is 1.81 bits per heavy atom. The van der Waals surface area contributed by atoms with Gasteiger partial charge in [0.15, 0.2) is 23.0 Å². The van der Waals surface area contributed by atoms with E-state index in [9.17, 15) is 4.79 Å². The van der Waals surface area contributed by atoms with Crippen molar-refractivity contribution in [2.24, 2.45) is 5.10 Å². The average Bonchev–Trinajstić information content (AvgIpc) is 2.92. The molecule has 0 unspecified atom stereocenters. The van der Waals surface area contributed by atoms with Crippen LogP contribution in [0.3, 0.4) is 0 Å². The second kappa shape index (κ2) is 8.24. The first-order chi connectivity index (χ1) is 12.7. The van der Waals surface area contributed by atoms with Gasteiger partial charge in [-0.1, -0.05) is 0 Å². The highest BCUT2D eigenvalue weighted by molar-refractivity contribution is 5.95. The molecule has 0 spiro atoms. The Hall–Kier alpha value is -3.22. The zero-order valence-corrected chi connectivity index (χ0v) is 14.7. The van der Waals surface area contributed by atoms with E-state index in [1.165, 1.54) is 6.21 Å². The first-order valence-corrected chi connectivity index (χ1v) is 8.16. The van der Waals surface area contributed by atoms with Crippen LogP contribution in [0.2, 0.25) is 0 Å². The highest BCUT2D eigenvalue weighted by Crippen LogP contribution is 2.30. The molecule has 7 heteroatoms. The molecule has 0 saturated carbocycles. The van der Waals surface area contributed by atoms with E-state index in [1.807, 2.05) is 6.07 Å². The second-order valence-electron chi connectivity index (χ2n) is 5.53. The summed E-state index contributed by atoms with van der Waals surface area (Å²) in [7, 11) is 3.13. The number of nitrogens with one attached hydrogen (secondary N) is 1. The Kier molecular flexibility index (Phi) is 5.58. The van der Waals surface area contributed by atoms with Crippen LogP contribution >= 0.6 is 0 Å². The highest BCUT2D eigenvalue weighted by Gasteiger charge is 2.13. The molecule has 0 aliphatic carbocycles. The van der Waals surface area contributed by atoms with Crippen molar-refractivity contribution in [2.75, 3.05) is 27.4 Å². The van der Waals surface area contributed by atoms with E-state index in [0.29, 0.717) is 41.8 Å². The fraction of sp³-hybridized carbons (Fsp3) is 0.263. The predicted octanol–water partition coefficient (Wildman–Crippen LogP) is 2.63. The van der Waals surface area contributed by atoms with Gasteiger partial charge < -0.3 is 18.9 Å². The van der Waals surface area contributed by atoms with E-state index in [1.54, 1.807) is 44.6 Å². The SMILES string of the molecule is COc1ccc(/C=N/NC(=O)c2ccc3c(c2)OCCCO3)cc1OC. The van der Waals surface area contributed by atoms with Crippen LogP contribution in [0, 0.1) is 0 Å². The standard InChI is InChI=1S/C19H20N2O5/c1-23-15-6-4-13(10-17(15)24-2)12-20-21-19(22)14-5-7-16-18(11-14)26-9-3-8-25-16/h4-7,10-12H,3,8-9H2,1-2H3,(H,21,22)/b20-12+.